The molecule has 1 aliphatic carbocycles. The minimum Gasteiger partial charge on any atom is -0.259 e. The van der Waals surface area contributed by atoms with Crippen LogP contribution >= 0.6 is 11.6 Å². The monoisotopic (exact) mass is 250 g/mol. The highest BCUT2D eigenvalue weighted by molar-refractivity contribution is 6.29. The summed E-state index contributed by atoms with van der Waals surface area (Å²) in [4.78, 5) is 18.5. The van der Waals surface area contributed by atoms with Gasteiger partial charge in [-0.3, -0.25) is 4.98 Å². The molecular weight excluding hydrogens is 243 g/mol. The number of rotatable bonds is 1. The van der Waals surface area contributed by atoms with E-state index in [-0.39, 0.29) is 16.6 Å². The van der Waals surface area contributed by atoms with Crippen molar-refractivity contribution in [3.8, 4) is 0 Å². The van der Waals surface area contributed by atoms with Crippen LogP contribution in [0.4, 0.5) is 4.39 Å². The summed E-state index contributed by atoms with van der Waals surface area (Å²) in [6, 6.07) is 0. The van der Waals surface area contributed by atoms with Crippen molar-refractivity contribution in [3.05, 3.63) is 46.8 Å². The maximum absolute atomic E-state index is 13.6. The van der Waals surface area contributed by atoms with Crippen LogP contribution in [0.3, 0.4) is 0 Å². The Morgan fingerprint density at radius 2 is 2.24 bits per heavy atom. The molecule has 5 heteroatoms. The predicted molar refractivity (Wildman–Crippen MR) is 62.6 cm³/mol. The van der Waals surface area contributed by atoms with E-state index in [0.29, 0.717) is 11.3 Å². The van der Waals surface area contributed by atoms with Gasteiger partial charge in [-0.2, -0.15) is 0 Å². The molecule has 1 unspecified atom stereocenters. The molecule has 3 nitrogen and oxygen atoms in total. The number of nitrogens with zero attached hydrogens (tertiary/aromatic N) is 2. The summed E-state index contributed by atoms with van der Waals surface area (Å²) in [6.45, 7) is 1.71. The van der Waals surface area contributed by atoms with Crippen molar-refractivity contribution in [1.82, 2.24) is 9.97 Å². The van der Waals surface area contributed by atoms with Gasteiger partial charge in [-0.05, 0) is 6.08 Å². The normalized spacial score (nSPS) is 19.5. The SMILES string of the molecule is CC1C=C(c2cncc(Cl)n2)C=C(F)C1=C=O. The molecule has 0 spiro atoms. The van der Waals surface area contributed by atoms with Gasteiger partial charge in [0, 0.05) is 11.5 Å². The fraction of sp³-hybridized carbons (Fsp3) is 0.167. The van der Waals surface area contributed by atoms with Gasteiger partial charge >= 0.3 is 0 Å². The average Bonchev–Trinajstić information content (AvgIpc) is 2.28. The van der Waals surface area contributed by atoms with Crippen LogP contribution < -0.4 is 0 Å². The summed E-state index contributed by atoms with van der Waals surface area (Å²) in [7, 11) is 0. The van der Waals surface area contributed by atoms with E-state index in [1.54, 1.807) is 18.9 Å². The molecular formula is C12H8ClFN2O. The van der Waals surface area contributed by atoms with E-state index in [2.05, 4.69) is 9.97 Å². The zero-order valence-corrected chi connectivity index (χ0v) is 9.70. The molecule has 0 saturated carbocycles. The minimum atomic E-state index is -0.591. The molecule has 0 radical (unpaired) electrons. The second-order valence-electron chi connectivity index (χ2n) is 3.65. The van der Waals surface area contributed by atoms with Gasteiger partial charge in [-0.15, -0.1) is 0 Å². The third kappa shape index (κ3) is 2.33. The Bertz CT molecular complexity index is 574. The number of carbonyl (C=O) groups excluding carboxylic acids is 1. The molecule has 0 aromatic carbocycles. The van der Waals surface area contributed by atoms with Gasteiger partial charge in [0.05, 0.1) is 23.7 Å². The fourth-order valence-corrected chi connectivity index (χ4v) is 1.76. The summed E-state index contributed by atoms with van der Waals surface area (Å²) >= 11 is 5.71. The van der Waals surface area contributed by atoms with E-state index in [1.165, 1.54) is 18.5 Å². The topological polar surface area (TPSA) is 42.9 Å². The van der Waals surface area contributed by atoms with Gasteiger partial charge in [0.15, 0.2) is 0 Å². The summed E-state index contributed by atoms with van der Waals surface area (Å²) in [6.07, 6.45) is 5.85. The molecule has 0 N–H and O–H groups in total. The van der Waals surface area contributed by atoms with E-state index in [9.17, 15) is 9.18 Å². The lowest BCUT2D eigenvalue weighted by molar-refractivity contribution is 0.558. The van der Waals surface area contributed by atoms with Gasteiger partial charge < -0.3 is 0 Å². The fourth-order valence-electron chi connectivity index (χ4n) is 1.61. The van der Waals surface area contributed by atoms with Gasteiger partial charge in [0.25, 0.3) is 0 Å². The van der Waals surface area contributed by atoms with Crippen molar-refractivity contribution >= 4 is 23.1 Å². The first-order chi connectivity index (χ1) is 8.11. The van der Waals surface area contributed by atoms with Crippen LogP contribution in [0.25, 0.3) is 5.57 Å². The second kappa shape index (κ2) is 4.62. The first-order valence-electron chi connectivity index (χ1n) is 4.94. The van der Waals surface area contributed by atoms with Gasteiger partial charge in [0.2, 0.25) is 0 Å². The molecule has 86 valence electrons. The molecule has 1 heterocycles. The Labute approximate surface area is 102 Å². The van der Waals surface area contributed by atoms with Crippen LogP contribution in [0.5, 0.6) is 0 Å². The lowest BCUT2D eigenvalue weighted by Crippen LogP contribution is -2.05. The lowest BCUT2D eigenvalue weighted by Gasteiger charge is -2.14. The number of halogens is 2. The number of hydrogen-bond acceptors (Lipinski definition) is 3. The zero-order chi connectivity index (χ0) is 12.4. The van der Waals surface area contributed by atoms with Crippen molar-refractivity contribution in [2.75, 3.05) is 0 Å². The van der Waals surface area contributed by atoms with E-state index in [0.717, 1.165) is 0 Å². The Morgan fingerprint density at radius 3 is 2.82 bits per heavy atom. The highest BCUT2D eigenvalue weighted by atomic mass is 35.5. The van der Waals surface area contributed by atoms with E-state index >= 15 is 0 Å². The maximum Gasteiger partial charge on any atom is 0.148 e. The van der Waals surface area contributed by atoms with E-state index in [1.807, 2.05) is 0 Å². The molecule has 0 bridgehead atoms. The van der Waals surface area contributed by atoms with Crippen LogP contribution in [0, 0.1) is 5.92 Å². The highest BCUT2D eigenvalue weighted by Gasteiger charge is 2.20. The third-order valence-electron chi connectivity index (χ3n) is 2.44. The van der Waals surface area contributed by atoms with Crippen LogP contribution in [-0.2, 0) is 4.79 Å². The smallest absolute Gasteiger partial charge is 0.148 e. The van der Waals surface area contributed by atoms with Crippen molar-refractivity contribution in [3.63, 3.8) is 0 Å². The van der Waals surface area contributed by atoms with Gasteiger partial charge in [-0.1, -0.05) is 24.6 Å². The molecule has 0 amide bonds. The van der Waals surface area contributed by atoms with Crippen molar-refractivity contribution in [1.29, 1.82) is 0 Å². The summed E-state index contributed by atoms with van der Waals surface area (Å²) in [5.74, 6) is 0.673. The molecule has 0 fully saturated rings. The molecule has 1 aromatic rings. The van der Waals surface area contributed by atoms with Crippen LogP contribution in [0.2, 0.25) is 5.15 Å². The molecule has 1 aromatic heterocycles. The van der Waals surface area contributed by atoms with Gasteiger partial charge in [-0.25, -0.2) is 14.2 Å². The predicted octanol–water partition coefficient (Wildman–Crippen LogP) is 2.77. The molecule has 17 heavy (non-hydrogen) atoms. The Hall–Kier alpha value is -1.77. The van der Waals surface area contributed by atoms with Crippen molar-refractivity contribution in [2.24, 2.45) is 5.92 Å². The Balaban J connectivity index is 2.46. The molecule has 2 rings (SSSR count). The standard InChI is InChI=1S/C12H8ClFN2O/c1-7-2-8(3-10(14)9(7)6-17)11-4-15-5-12(13)16-11/h2-5,7H,1H3. The van der Waals surface area contributed by atoms with Crippen LogP contribution in [0.1, 0.15) is 12.6 Å². The van der Waals surface area contributed by atoms with Crippen LogP contribution in [0.15, 0.2) is 35.9 Å². The summed E-state index contributed by atoms with van der Waals surface area (Å²) < 4.78 is 13.6. The minimum absolute atomic E-state index is 0.0173. The Morgan fingerprint density at radius 1 is 1.47 bits per heavy atom. The first kappa shape index (κ1) is 11.7. The summed E-state index contributed by atoms with van der Waals surface area (Å²) in [5, 5.41) is 0.238. The van der Waals surface area contributed by atoms with Gasteiger partial charge in [0.1, 0.15) is 16.9 Å². The second-order valence-corrected chi connectivity index (χ2v) is 4.03. The van der Waals surface area contributed by atoms with Crippen molar-refractivity contribution in [2.45, 2.75) is 6.92 Å². The quantitative estimate of drug-likeness (QED) is 0.720. The number of aromatic nitrogens is 2. The summed E-state index contributed by atoms with van der Waals surface area (Å²) in [5.41, 5.74) is 1.05. The largest absolute Gasteiger partial charge is 0.259 e. The lowest BCUT2D eigenvalue weighted by atomic mass is 9.91. The highest BCUT2D eigenvalue weighted by Crippen LogP contribution is 2.31. The number of allylic oxidation sites excluding steroid dienone is 5. The molecule has 0 saturated heterocycles. The van der Waals surface area contributed by atoms with Crippen molar-refractivity contribution < 1.29 is 9.18 Å². The average molecular weight is 251 g/mol. The molecule has 1 aliphatic rings. The third-order valence-corrected chi connectivity index (χ3v) is 2.62. The molecule has 0 aliphatic heterocycles. The maximum atomic E-state index is 13.6. The van der Waals surface area contributed by atoms with E-state index < -0.39 is 5.83 Å². The first-order valence-corrected chi connectivity index (χ1v) is 5.32. The zero-order valence-electron chi connectivity index (χ0n) is 8.95. The molecule has 1 atom stereocenters. The number of hydrogen-bond donors (Lipinski definition) is 0. The van der Waals surface area contributed by atoms with Crippen LogP contribution in [-0.4, -0.2) is 15.9 Å². The Kier molecular flexibility index (Phi) is 3.18. The van der Waals surface area contributed by atoms with E-state index in [4.69, 9.17) is 11.6 Å².